The van der Waals surface area contributed by atoms with E-state index < -0.39 is 0 Å². The average Bonchev–Trinajstić information content (AvgIpc) is 3.19. The van der Waals surface area contributed by atoms with E-state index in [1.54, 1.807) is 18.4 Å². The molecule has 2 aromatic heterocycles. The van der Waals surface area contributed by atoms with Crippen molar-refractivity contribution in [3.63, 3.8) is 0 Å². The summed E-state index contributed by atoms with van der Waals surface area (Å²) in [6.07, 6.45) is 3.59. The Balaban J connectivity index is 1.65. The monoisotopic (exact) mass is 276 g/mol. The second-order valence-electron chi connectivity index (χ2n) is 4.82. The summed E-state index contributed by atoms with van der Waals surface area (Å²) in [7, 11) is 0. The van der Waals surface area contributed by atoms with Crippen LogP contribution in [0, 0.1) is 0 Å². The lowest BCUT2D eigenvalue weighted by Gasteiger charge is -2.08. The molecular weight excluding hydrogens is 260 g/mol. The number of carbonyl (C=O) groups excluding carboxylic acids is 1. The molecule has 3 heterocycles. The van der Waals surface area contributed by atoms with Crippen LogP contribution >= 0.6 is 0 Å². The SMILES string of the molecule is C[C@H](NC(=O)c1noc(C2CCCN2)n1)c1ccco1. The third-order valence-electron chi connectivity index (χ3n) is 3.32. The lowest BCUT2D eigenvalue weighted by molar-refractivity contribution is 0.0922. The lowest BCUT2D eigenvalue weighted by atomic mass is 10.2. The number of hydrogen-bond acceptors (Lipinski definition) is 6. The summed E-state index contributed by atoms with van der Waals surface area (Å²) in [5, 5.41) is 9.74. The number of hydrogen-bond donors (Lipinski definition) is 2. The summed E-state index contributed by atoms with van der Waals surface area (Å²) in [6.45, 7) is 2.76. The van der Waals surface area contributed by atoms with E-state index in [1.165, 1.54) is 0 Å². The molecule has 1 unspecified atom stereocenters. The second kappa shape index (κ2) is 5.46. The van der Waals surface area contributed by atoms with Gasteiger partial charge in [-0.2, -0.15) is 4.98 Å². The standard InChI is InChI=1S/C13H16N4O3/c1-8(10-5-3-7-19-10)15-12(18)11-16-13(20-17-11)9-4-2-6-14-9/h3,5,7-9,14H,2,4,6H2,1H3,(H,15,18)/t8-,9?/m0/s1. The number of nitrogens with zero attached hydrogens (tertiary/aromatic N) is 2. The highest BCUT2D eigenvalue weighted by molar-refractivity contribution is 5.90. The lowest BCUT2D eigenvalue weighted by Crippen LogP contribution is -2.27. The number of nitrogens with one attached hydrogen (secondary N) is 2. The molecule has 1 aliphatic rings. The highest BCUT2D eigenvalue weighted by atomic mass is 16.5. The van der Waals surface area contributed by atoms with E-state index in [4.69, 9.17) is 8.94 Å². The van der Waals surface area contributed by atoms with E-state index in [2.05, 4.69) is 20.8 Å². The van der Waals surface area contributed by atoms with Gasteiger partial charge in [-0.1, -0.05) is 5.16 Å². The van der Waals surface area contributed by atoms with E-state index in [-0.39, 0.29) is 23.8 Å². The van der Waals surface area contributed by atoms with Gasteiger partial charge in [-0.3, -0.25) is 4.79 Å². The van der Waals surface area contributed by atoms with Crippen LogP contribution in [0.3, 0.4) is 0 Å². The molecule has 0 bridgehead atoms. The predicted octanol–water partition coefficient (Wildman–Crippen LogP) is 1.58. The Bertz CT molecular complexity index is 572. The number of amides is 1. The van der Waals surface area contributed by atoms with E-state index in [0.29, 0.717) is 11.7 Å². The van der Waals surface area contributed by atoms with E-state index in [9.17, 15) is 4.79 Å². The fourth-order valence-corrected chi connectivity index (χ4v) is 2.23. The van der Waals surface area contributed by atoms with Gasteiger partial charge >= 0.3 is 0 Å². The van der Waals surface area contributed by atoms with Gasteiger partial charge in [-0.25, -0.2) is 0 Å². The smallest absolute Gasteiger partial charge is 0.293 e. The fourth-order valence-electron chi connectivity index (χ4n) is 2.23. The molecule has 0 spiro atoms. The minimum absolute atomic E-state index is 0.0482. The molecular formula is C13H16N4O3. The zero-order valence-corrected chi connectivity index (χ0v) is 11.1. The summed E-state index contributed by atoms with van der Waals surface area (Å²) < 4.78 is 10.4. The van der Waals surface area contributed by atoms with Crippen molar-refractivity contribution in [2.75, 3.05) is 6.54 Å². The van der Waals surface area contributed by atoms with Crippen LogP contribution in [0.2, 0.25) is 0 Å². The third kappa shape index (κ3) is 2.57. The molecule has 7 nitrogen and oxygen atoms in total. The van der Waals surface area contributed by atoms with Crippen LogP contribution in [-0.4, -0.2) is 22.6 Å². The molecule has 1 fully saturated rings. The zero-order valence-electron chi connectivity index (χ0n) is 11.1. The van der Waals surface area contributed by atoms with Crippen LogP contribution in [0.1, 0.15) is 54.1 Å². The van der Waals surface area contributed by atoms with Crippen molar-refractivity contribution in [1.29, 1.82) is 0 Å². The Labute approximate surface area is 115 Å². The van der Waals surface area contributed by atoms with Crippen LogP contribution in [0.4, 0.5) is 0 Å². The number of furan rings is 1. The topological polar surface area (TPSA) is 93.2 Å². The van der Waals surface area contributed by atoms with Crippen molar-refractivity contribution < 1.29 is 13.7 Å². The van der Waals surface area contributed by atoms with E-state index in [0.717, 1.165) is 19.4 Å². The highest BCUT2D eigenvalue weighted by Gasteiger charge is 2.25. The van der Waals surface area contributed by atoms with Crippen LogP contribution < -0.4 is 10.6 Å². The Kier molecular flexibility index (Phi) is 3.51. The first-order chi connectivity index (χ1) is 9.74. The molecule has 2 aromatic rings. The molecule has 1 aliphatic heterocycles. The molecule has 0 saturated carbocycles. The summed E-state index contributed by atoms with van der Waals surface area (Å²) in [5.74, 6) is 0.826. The quantitative estimate of drug-likeness (QED) is 0.880. The first kappa shape index (κ1) is 12.9. The molecule has 2 N–H and O–H groups in total. The third-order valence-corrected chi connectivity index (χ3v) is 3.32. The average molecular weight is 276 g/mol. The van der Waals surface area contributed by atoms with Crippen molar-refractivity contribution in [3.05, 3.63) is 35.9 Å². The Morgan fingerprint density at radius 3 is 3.20 bits per heavy atom. The first-order valence-corrected chi connectivity index (χ1v) is 6.65. The van der Waals surface area contributed by atoms with Crippen LogP contribution in [0.25, 0.3) is 0 Å². The van der Waals surface area contributed by atoms with Crippen molar-refractivity contribution in [1.82, 2.24) is 20.8 Å². The van der Waals surface area contributed by atoms with Gasteiger partial charge in [0.15, 0.2) is 0 Å². The van der Waals surface area contributed by atoms with Gasteiger partial charge in [0, 0.05) is 0 Å². The minimum Gasteiger partial charge on any atom is -0.467 e. The van der Waals surface area contributed by atoms with Gasteiger partial charge < -0.3 is 19.6 Å². The molecule has 3 rings (SSSR count). The van der Waals surface area contributed by atoms with E-state index in [1.807, 2.05) is 6.92 Å². The van der Waals surface area contributed by atoms with Gasteiger partial charge in [0.05, 0.1) is 18.3 Å². The van der Waals surface area contributed by atoms with Gasteiger partial charge in [-0.15, -0.1) is 0 Å². The summed E-state index contributed by atoms with van der Waals surface area (Å²) in [4.78, 5) is 16.2. The Morgan fingerprint density at radius 2 is 2.50 bits per heavy atom. The van der Waals surface area contributed by atoms with Gasteiger partial charge in [-0.05, 0) is 38.4 Å². The van der Waals surface area contributed by atoms with Gasteiger partial charge in [0.1, 0.15) is 5.76 Å². The van der Waals surface area contributed by atoms with Gasteiger partial charge in [0.2, 0.25) is 5.89 Å². The molecule has 7 heteroatoms. The molecule has 1 saturated heterocycles. The van der Waals surface area contributed by atoms with Crippen molar-refractivity contribution >= 4 is 5.91 Å². The predicted molar refractivity (Wildman–Crippen MR) is 68.9 cm³/mol. The number of carbonyl (C=O) groups is 1. The van der Waals surface area contributed by atoms with Crippen molar-refractivity contribution in [3.8, 4) is 0 Å². The normalized spacial score (nSPS) is 19.9. The summed E-state index contributed by atoms with van der Waals surface area (Å²) in [5.41, 5.74) is 0. The first-order valence-electron chi connectivity index (χ1n) is 6.65. The summed E-state index contributed by atoms with van der Waals surface area (Å²) in [6, 6.07) is 3.39. The molecule has 0 aliphatic carbocycles. The maximum absolute atomic E-state index is 12.0. The number of aromatic nitrogens is 2. The van der Waals surface area contributed by atoms with Crippen LogP contribution in [0.5, 0.6) is 0 Å². The molecule has 106 valence electrons. The Morgan fingerprint density at radius 1 is 1.60 bits per heavy atom. The highest BCUT2D eigenvalue weighted by Crippen LogP contribution is 2.21. The number of rotatable bonds is 4. The Hall–Kier alpha value is -2.15. The fraction of sp³-hybridized carbons (Fsp3) is 0.462. The van der Waals surface area contributed by atoms with Crippen LogP contribution in [-0.2, 0) is 0 Å². The summed E-state index contributed by atoms with van der Waals surface area (Å²) >= 11 is 0. The molecule has 2 atom stereocenters. The van der Waals surface area contributed by atoms with E-state index >= 15 is 0 Å². The molecule has 0 aromatic carbocycles. The van der Waals surface area contributed by atoms with Crippen LogP contribution in [0.15, 0.2) is 27.3 Å². The van der Waals surface area contributed by atoms with Crippen molar-refractivity contribution in [2.45, 2.75) is 31.8 Å². The molecule has 20 heavy (non-hydrogen) atoms. The molecule has 0 radical (unpaired) electrons. The second-order valence-corrected chi connectivity index (χ2v) is 4.82. The minimum atomic E-state index is -0.373. The maximum atomic E-state index is 12.0. The zero-order chi connectivity index (χ0) is 13.9. The maximum Gasteiger partial charge on any atom is 0.293 e. The molecule has 1 amide bonds. The van der Waals surface area contributed by atoms with Gasteiger partial charge in [0.25, 0.3) is 11.7 Å². The van der Waals surface area contributed by atoms with Crippen molar-refractivity contribution in [2.24, 2.45) is 0 Å². The largest absolute Gasteiger partial charge is 0.467 e.